The van der Waals surface area contributed by atoms with Crippen LogP contribution in [0.5, 0.6) is 0 Å². The van der Waals surface area contributed by atoms with Gasteiger partial charge in [0.2, 0.25) is 0 Å². The zero-order valence-corrected chi connectivity index (χ0v) is 7.67. The van der Waals surface area contributed by atoms with Crippen molar-refractivity contribution in [2.75, 3.05) is 13.2 Å². The van der Waals surface area contributed by atoms with Gasteiger partial charge in [0.1, 0.15) is 0 Å². The van der Waals surface area contributed by atoms with Crippen LogP contribution in [-0.4, -0.2) is 19.3 Å². The lowest BCUT2D eigenvalue weighted by molar-refractivity contribution is -0.108. The zero-order valence-electron chi connectivity index (χ0n) is 7.67. The number of ether oxygens (including phenoxy) is 1. The Morgan fingerprint density at radius 3 is 2.42 bits per heavy atom. The van der Waals surface area contributed by atoms with E-state index in [-0.39, 0.29) is 0 Å². The van der Waals surface area contributed by atoms with Gasteiger partial charge in [0.15, 0.2) is 0 Å². The molecule has 2 atom stereocenters. The van der Waals surface area contributed by atoms with Gasteiger partial charge in [-0.1, -0.05) is 19.3 Å². The lowest BCUT2D eigenvalue weighted by Crippen LogP contribution is -2.41. The van der Waals surface area contributed by atoms with Crippen molar-refractivity contribution < 1.29 is 4.74 Å². The molecule has 0 spiro atoms. The summed E-state index contributed by atoms with van der Waals surface area (Å²) in [5, 5.41) is 0. The molecule has 1 aliphatic carbocycles. The number of rotatable bonds is 4. The first-order chi connectivity index (χ1) is 5.92. The van der Waals surface area contributed by atoms with Crippen LogP contribution in [-0.2, 0) is 4.74 Å². The molecular weight excluding hydrogens is 150 g/mol. The Morgan fingerprint density at radius 2 is 2.08 bits per heavy atom. The van der Waals surface area contributed by atoms with Gasteiger partial charge in [-0.15, -0.1) is 0 Å². The maximum absolute atomic E-state index is 5.61. The molecule has 2 nitrogen and oxygen atoms in total. The van der Waals surface area contributed by atoms with Crippen LogP contribution in [0.1, 0.15) is 32.1 Å². The number of hydrogen-bond acceptors (Lipinski definition) is 2. The molecule has 1 aliphatic heterocycles. The van der Waals surface area contributed by atoms with Gasteiger partial charge in [0.25, 0.3) is 0 Å². The average Bonchev–Trinajstić information content (AvgIpc) is 1.79. The number of hydrogen-bond donors (Lipinski definition) is 1. The van der Waals surface area contributed by atoms with Crippen LogP contribution in [0.25, 0.3) is 0 Å². The lowest BCUT2D eigenvalue weighted by Gasteiger charge is -2.42. The fourth-order valence-electron chi connectivity index (χ4n) is 2.38. The molecule has 1 saturated carbocycles. The molecule has 0 radical (unpaired) electrons. The summed E-state index contributed by atoms with van der Waals surface area (Å²) in [4.78, 5) is 0. The minimum absolute atomic E-state index is 0.568. The van der Waals surface area contributed by atoms with E-state index in [2.05, 4.69) is 0 Å². The predicted octanol–water partition coefficient (Wildman–Crippen LogP) is 1.54. The second kappa shape index (κ2) is 3.75. The standard InChI is InChI=1S/C10H19NO/c11-6-4-9(8-2-1-3-8)10-5-7-12-10/h8-10H,1-7,11H2. The van der Waals surface area contributed by atoms with Crippen LogP contribution < -0.4 is 5.73 Å². The summed E-state index contributed by atoms with van der Waals surface area (Å²) in [5.74, 6) is 1.73. The van der Waals surface area contributed by atoms with Crippen molar-refractivity contribution in [1.29, 1.82) is 0 Å². The zero-order chi connectivity index (χ0) is 8.39. The second-order valence-corrected chi connectivity index (χ2v) is 4.13. The van der Waals surface area contributed by atoms with Crippen molar-refractivity contribution in [1.82, 2.24) is 0 Å². The predicted molar refractivity (Wildman–Crippen MR) is 48.9 cm³/mol. The van der Waals surface area contributed by atoms with Crippen molar-refractivity contribution in [3.8, 4) is 0 Å². The largest absolute Gasteiger partial charge is 0.378 e. The van der Waals surface area contributed by atoms with E-state index < -0.39 is 0 Å². The Balaban J connectivity index is 1.82. The molecule has 0 aromatic heterocycles. The molecule has 1 heterocycles. The van der Waals surface area contributed by atoms with E-state index in [9.17, 15) is 0 Å². The summed E-state index contributed by atoms with van der Waals surface area (Å²) in [6.45, 7) is 1.82. The third kappa shape index (κ3) is 1.50. The molecule has 0 amide bonds. The van der Waals surface area contributed by atoms with Gasteiger partial charge in [-0.2, -0.15) is 0 Å². The highest BCUT2D eigenvalue weighted by Gasteiger charge is 2.36. The Kier molecular flexibility index (Phi) is 2.66. The first-order valence-electron chi connectivity index (χ1n) is 5.23. The quantitative estimate of drug-likeness (QED) is 0.693. The summed E-state index contributed by atoms with van der Waals surface area (Å²) in [5.41, 5.74) is 5.61. The van der Waals surface area contributed by atoms with Gasteiger partial charge in [0, 0.05) is 6.61 Å². The third-order valence-corrected chi connectivity index (χ3v) is 3.47. The minimum atomic E-state index is 0.568. The average molecular weight is 169 g/mol. The van der Waals surface area contributed by atoms with E-state index in [0.717, 1.165) is 25.0 Å². The highest BCUT2D eigenvalue weighted by Crippen LogP contribution is 2.40. The van der Waals surface area contributed by atoms with Gasteiger partial charge in [-0.05, 0) is 31.2 Å². The molecule has 2 heteroatoms. The molecule has 2 aliphatic rings. The fourth-order valence-corrected chi connectivity index (χ4v) is 2.38. The highest BCUT2D eigenvalue weighted by atomic mass is 16.5. The Morgan fingerprint density at radius 1 is 1.33 bits per heavy atom. The monoisotopic (exact) mass is 169 g/mol. The van der Waals surface area contributed by atoms with Crippen LogP contribution in [0.15, 0.2) is 0 Å². The molecule has 12 heavy (non-hydrogen) atoms. The molecule has 2 rings (SSSR count). The summed E-state index contributed by atoms with van der Waals surface area (Å²) in [6, 6.07) is 0. The van der Waals surface area contributed by atoms with E-state index in [4.69, 9.17) is 10.5 Å². The van der Waals surface area contributed by atoms with Crippen LogP contribution >= 0.6 is 0 Å². The highest BCUT2D eigenvalue weighted by molar-refractivity contribution is 4.86. The topological polar surface area (TPSA) is 35.2 Å². The molecule has 2 N–H and O–H groups in total. The van der Waals surface area contributed by atoms with Crippen molar-refractivity contribution in [2.24, 2.45) is 17.6 Å². The van der Waals surface area contributed by atoms with Crippen LogP contribution in [0, 0.1) is 11.8 Å². The van der Waals surface area contributed by atoms with Gasteiger partial charge >= 0.3 is 0 Å². The molecule has 0 bridgehead atoms. The molecule has 70 valence electrons. The van der Waals surface area contributed by atoms with Crippen molar-refractivity contribution >= 4 is 0 Å². The second-order valence-electron chi connectivity index (χ2n) is 4.13. The summed E-state index contributed by atoms with van der Waals surface area (Å²) in [6.07, 6.45) is 7.29. The minimum Gasteiger partial charge on any atom is -0.378 e. The van der Waals surface area contributed by atoms with Crippen LogP contribution in [0.4, 0.5) is 0 Å². The molecule has 0 aromatic carbocycles. The van der Waals surface area contributed by atoms with E-state index in [1.165, 1.54) is 32.1 Å². The first kappa shape index (κ1) is 8.52. The molecule has 0 aromatic rings. The molecule has 2 unspecified atom stereocenters. The SMILES string of the molecule is NCCC(C1CCC1)C1CCO1. The van der Waals surface area contributed by atoms with E-state index >= 15 is 0 Å². The molecular formula is C10H19NO. The van der Waals surface area contributed by atoms with E-state index in [1.54, 1.807) is 0 Å². The van der Waals surface area contributed by atoms with Gasteiger partial charge in [0.05, 0.1) is 6.10 Å². The number of nitrogens with two attached hydrogens (primary N) is 1. The van der Waals surface area contributed by atoms with Crippen LogP contribution in [0.2, 0.25) is 0 Å². The maximum atomic E-state index is 5.61. The normalized spacial score (nSPS) is 32.2. The Hall–Kier alpha value is -0.0800. The smallest absolute Gasteiger partial charge is 0.0628 e. The summed E-state index contributed by atoms with van der Waals surface area (Å²) < 4.78 is 5.55. The van der Waals surface area contributed by atoms with Gasteiger partial charge in [-0.3, -0.25) is 0 Å². The van der Waals surface area contributed by atoms with Gasteiger partial charge in [-0.25, -0.2) is 0 Å². The van der Waals surface area contributed by atoms with Crippen molar-refractivity contribution in [3.63, 3.8) is 0 Å². The van der Waals surface area contributed by atoms with Gasteiger partial charge < -0.3 is 10.5 Å². The van der Waals surface area contributed by atoms with E-state index in [0.29, 0.717) is 6.10 Å². The molecule has 1 saturated heterocycles. The Labute approximate surface area is 74.5 Å². The van der Waals surface area contributed by atoms with Crippen molar-refractivity contribution in [2.45, 2.75) is 38.2 Å². The fraction of sp³-hybridized carbons (Fsp3) is 1.00. The van der Waals surface area contributed by atoms with Crippen molar-refractivity contribution in [3.05, 3.63) is 0 Å². The third-order valence-electron chi connectivity index (χ3n) is 3.47. The summed E-state index contributed by atoms with van der Waals surface area (Å²) >= 11 is 0. The summed E-state index contributed by atoms with van der Waals surface area (Å²) in [7, 11) is 0. The molecule has 2 fully saturated rings. The maximum Gasteiger partial charge on any atom is 0.0628 e. The Bertz CT molecular complexity index is 127. The lowest BCUT2D eigenvalue weighted by atomic mass is 9.71. The van der Waals surface area contributed by atoms with E-state index in [1.807, 2.05) is 0 Å². The first-order valence-corrected chi connectivity index (χ1v) is 5.23. The van der Waals surface area contributed by atoms with Crippen LogP contribution in [0.3, 0.4) is 0 Å².